The number of aromatic nitrogens is 1. The number of fused-ring (bicyclic) bond motifs is 1. The molecule has 0 saturated carbocycles. The number of halogens is 1. The fourth-order valence-corrected chi connectivity index (χ4v) is 3.22. The molecule has 0 atom stereocenters. The van der Waals surface area contributed by atoms with E-state index in [0.717, 1.165) is 33.7 Å². The first-order valence-electron chi connectivity index (χ1n) is 8.08. The minimum absolute atomic E-state index is 0.149. The molecule has 1 aliphatic rings. The third kappa shape index (κ3) is 3.37. The Morgan fingerprint density at radius 1 is 0.840 bits per heavy atom. The van der Waals surface area contributed by atoms with Gasteiger partial charge < -0.3 is 0 Å². The molecule has 4 heteroatoms. The summed E-state index contributed by atoms with van der Waals surface area (Å²) < 4.78 is 0. The van der Waals surface area contributed by atoms with Gasteiger partial charge >= 0.3 is 0 Å². The van der Waals surface area contributed by atoms with E-state index in [4.69, 9.17) is 16.6 Å². The Labute approximate surface area is 151 Å². The second kappa shape index (κ2) is 6.61. The smallest absolute Gasteiger partial charge is 0.143 e. The molecule has 25 heavy (non-hydrogen) atoms. The molecule has 4 rings (SSSR count). The summed E-state index contributed by atoms with van der Waals surface area (Å²) in [5.74, 6) is 0.149. The maximum atomic E-state index is 12.4. The molecule has 0 N–H and O–H groups in total. The molecule has 1 aromatic heterocycles. The largest absolute Gasteiger partial charge is 0.299 e. The highest BCUT2D eigenvalue weighted by Gasteiger charge is 2.18. The van der Waals surface area contributed by atoms with E-state index in [2.05, 4.69) is 23.2 Å². The van der Waals surface area contributed by atoms with Crippen molar-refractivity contribution in [3.8, 4) is 11.1 Å². The Morgan fingerprint density at radius 2 is 1.68 bits per heavy atom. The van der Waals surface area contributed by atoms with Crippen molar-refractivity contribution in [3.05, 3.63) is 83.1 Å². The van der Waals surface area contributed by atoms with Crippen LogP contribution in [0.2, 0.25) is 5.15 Å². The van der Waals surface area contributed by atoms with Crippen molar-refractivity contribution in [1.82, 2.24) is 4.98 Å². The number of carbonyl (C=O) groups is 1. The van der Waals surface area contributed by atoms with Gasteiger partial charge in [0.15, 0.2) is 0 Å². The number of Topliss-reactive ketones (excluding diaryl/α,β-unsaturated/α-hetero) is 1. The highest BCUT2D eigenvalue weighted by Crippen LogP contribution is 2.30. The van der Waals surface area contributed by atoms with Crippen LogP contribution in [0.5, 0.6) is 0 Å². The van der Waals surface area contributed by atoms with E-state index in [-0.39, 0.29) is 5.78 Å². The van der Waals surface area contributed by atoms with E-state index < -0.39 is 0 Å². The summed E-state index contributed by atoms with van der Waals surface area (Å²) in [4.78, 5) is 21.2. The molecule has 3 aromatic rings. The number of benzene rings is 2. The highest BCUT2D eigenvalue weighted by molar-refractivity contribution is 6.30. The van der Waals surface area contributed by atoms with Crippen LogP contribution in [0.4, 0.5) is 5.69 Å². The number of rotatable bonds is 2. The van der Waals surface area contributed by atoms with Crippen molar-refractivity contribution in [2.24, 2.45) is 4.99 Å². The molecule has 122 valence electrons. The number of pyridine rings is 1. The van der Waals surface area contributed by atoms with E-state index in [0.29, 0.717) is 18.0 Å². The van der Waals surface area contributed by atoms with Crippen molar-refractivity contribution in [2.75, 3.05) is 0 Å². The van der Waals surface area contributed by atoms with Crippen molar-refractivity contribution < 1.29 is 4.79 Å². The van der Waals surface area contributed by atoms with Crippen LogP contribution in [0.3, 0.4) is 0 Å². The second-order valence-corrected chi connectivity index (χ2v) is 6.41. The van der Waals surface area contributed by atoms with Gasteiger partial charge in [0.25, 0.3) is 0 Å². The van der Waals surface area contributed by atoms with Gasteiger partial charge in [-0.15, -0.1) is 0 Å². The number of carbonyl (C=O) groups excluding carboxylic acids is 1. The second-order valence-electron chi connectivity index (χ2n) is 6.03. The zero-order valence-electron chi connectivity index (χ0n) is 13.4. The lowest BCUT2D eigenvalue weighted by atomic mass is 9.98. The highest BCUT2D eigenvalue weighted by atomic mass is 35.5. The van der Waals surface area contributed by atoms with E-state index in [1.54, 1.807) is 12.3 Å². The Hall–Kier alpha value is -2.78. The zero-order valence-corrected chi connectivity index (χ0v) is 14.2. The monoisotopic (exact) mass is 346 g/mol. The Kier molecular flexibility index (Phi) is 4.16. The molecule has 0 amide bonds. The Balaban J connectivity index is 1.78. The standard InChI is InChI=1S/C21H15ClN2O/c22-21-12-16(8-9-23-21)20-13-18(25)11-17-10-15(6-7-19(17)24-20)14-4-2-1-3-5-14/h1-10,12H,11,13H2. The molecule has 0 spiro atoms. The van der Waals surface area contributed by atoms with Gasteiger partial charge in [-0.1, -0.05) is 48.0 Å². The van der Waals surface area contributed by atoms with Crippen LogP contribution in [0.15, 0.2) is 71.9 Å². The quantitative estimate of drug-likeness (QED) is 0.610. The van der Waals surface area contributed by atoms with Gasteiger partial charge in [0.2, 0.25) is 0 Å². The average molecular weight is 347 g/mol. The van der Waals surface area contributed by atoms with Gasteiger partial charge in [-0.2, -0.15) is 0 Å². The predicted molar refractivity (Wildman–Crippen MR) is 101 cm³/mol. The van der Waals surface area contributed by atoms with Crippen molar-refractivity contribution in [2.45, 2.75) is 12.8 Å². The topological polar surface area (TPSA) is 42.3 Å². The number of hydrogen-bond donors (Lipinski definition) is 0. The van der Waals surface area contributed by atoms with Crippen LogP contribution in [0.25, 0.3) is 11.1 Å². The van der Waals surface area contributed by atoms with Gasteiger partial charge in [0.05, 0.1) is 11.4 Å². The van der Waals surface area contributed by atoms with E-state index in [1.807, 2.05) is 36.4 Å². The molecule has 3 nitrogen and oxygen atoms in total. The van der Waals surface area contributed by atoms with E-state index in [9.17, 15) is 4.79 Å². The van der Waals surface area contributed by atoms with Crippen LogP contribution in [-0.4, -0.2) is 16.5 Å². The summed E-state index contributed by atoms with van der Waals surface area (Å²) in [6.07, 6.45) is 2.33. The van der Waals surface area contributed by atoms with Crippen molar-refractivity contribution in [3.63, 3.8) is 0 Å². The third-order valence-corrected chi connectivity index (χ3v) is 4.46. The zero-order chi connectivity index (χ0) is 17.2. The number of aliphatic imine (C=N–C) groups is 1. The SMILES string of the molecule is O=C1CC(c2ccnc(Cl)c2)=Nc2ccc(-c3ccccc3)cc2C1. The van der Waals surface area contributed by atoms with Crippen LogP contribution >= 0.6 is 11.6 Å². The van der Waals surface area contributed by atoms with E-state index in [1.165, 1.54) is 0 Å². The number of hydrogen-bond acceptors (Lipinski definition) is 3. The summed E-state index contributed by atoms with van der Waals surface area (Å²) in [7, 11) is 0. The molecule has 0 radical (unpaired) electrons. The van der Waals surface area contributed by atoms with Crippen LogP contribution in [0.1, 0.15) is 17.5 Å². The number of ketones is 1. The Bertz CT molecular complexity index is 980. The minimum atomic E-state index is 0.149. The van der Waals surface area contributed by atoms with Crippen LogP contribution < -0.4 is 0 Å². The summed E-state index contributed by atoms with van der Waals surface area (Å²) in [5, 5.41) is 0.400. The van der Waals surface area contributed by atoms with Crippen molar-refractivity contribution >= 4 is 28.8 Å². The van der Waals surface area contributed by atoms with Gasteiger partial charge in [0.1, 0.15) is 10.9 Å². The fourth-order valence-electron chi connectivity index (χ4n) is 3.04. The lowest BCUT2D eigenvalue weighted by Crippen LogP contribution is -2.09. The van der Waals surface area contributed by atoms with Gasteiger partial charge in [-0.3, -0.25) is 9.79 Å². The molecule has 2 heterocycles. The molecule has 1 aliphatic heterocycles. The first-order chi connectivity index (χ1) is 12.2. The first kappa shape index (κ1) is 15.7. The molecule has 0 aliphatic carbocycles. The lowest BCUT2D eigenvalue weighted by Gasteiger charge is -2.07. The van der Waals surface area contributed by atoms with Gasteiger partial charge in [-0.25, -0.2) is 4.98 Å². The summed E-state index contributed by atoms with van der Waals surface area (Å²) in [5.41, 5.74) is 5.61. The van der Waals surface area contributed by atoms with Crippen LogP contribution in [0, 0.1) is 0 Å². The van der Waals surface area contributed by atoms with E-state index >= 15 is 0 Å². The number of nitrogens with zero attached hydrogens (tertiary/aromatic N) is 2. The normalized spacial score (nSPS) is 13.8. The third-order valence-electron chi connectivity index (χ3n) is 4.25. The first-order valence-corrected chi connectivity index (χ1v) is 8.46. The molecule has 0 unspecified atom stereocenters. The molecular weight excluding hydrogens is 332 g/mol. The summed E-state index contributed by atoms with van der Waals surface area (Å²) in [6.45, 7) is 0. The molecule has 0 bridgehead atoms. The molecule has 2 aromatic carbocycles. The van der Waals surface area contributed by atoms with Gasteiger partial charge in [0, 0.05) is 24.6 Å². The maximum Gasteiger partial charge on any atom is 0.143 e. The Morgan fingerprint density at radius 3 is 2.48 bits per heavy atom. The lowest BCUT2D eigenvalue weighted by molar-refractivity contribution is -0.117. The summed E-state index contributed by atoms with van der Waals surface area (Å²) >= 11 is 5.98. The average Bonchev–Trinajstić information content (AvgIpc) is 2.80. The minimum Gasteiger partial charge on any atom is -0.299 e. The summed E-state index contributed by atoms with van der Waals surface area (Å²) in [6, 6.07) is 19.8. The molecule has 0 fully saturated rings. The fraction of sp³-hybridized carbons (Fsp3) is 0.0952. The molecular formula is C21H15ClN2O. The predicted octanol–water partition coefficient (Wildman–Crippen LogP) is 5.04. The maximum absolute atomic E-state index is 12.4. The van der Waals surface area contributed by atoms with Crippen LogP contribution in [-0.2, 0) is 11.2 Å². The van der Waals surface area contributed by atoms with Gasteiger partial charge in [-0.05, 0) is 41.0 Å². The van der Waals surface area contributed by atoms with Crippen molar-refractivity contribution in [1.29, 1.82) is 0 Å². The molecule has 0 saturated heterocycles.